The number of furan rings is 1. The molecule has 0 N–H and O–H groups in total. The second-order valence-electron chi connectivity index (χ2n) is 10.9. The molecule has 3 heteroatoms. The molecule has 7 aromatic carbocycles. The normalized spacial score (nSPS) is 11.7. The van der Waals surface area contributed by atoms with Crippen LogP contribution in [0.25, 0.3) is 64.0 Å². The second kappa shape index (κ2) is 9.59. The van der Waals surface area contributed by atoms with E-state index in [4.69, 9.17) is 4.42 Å². The lowest BCUT2D eigenvalue weighted by molar-refractivity contribution is 0.677. The van der Waals surface area contributed by atoms with E-state index in [0.717, 1.165) is 44.4 Å². The van der Waals surface area contributed by atoms with Crippen molar-refractivity contribution in [2.45, 2.75) is 0 Å². The van der Waals surface area contributed by atoms with Crippen LogP contribution in [0.5, 0.6) is 0 Å². The maximum absolute atomic E-state index is 6.76. The number of benzene rings is 7. The van der Waals surface area contributed by atoms with Gasteiger partial charge in [0.05, 0.1) is 0 Å². The van der Waals surface area contributed by atoms with Crippen molar-refractivity contribution < 1.29 is 4.42 Å². The van der Waals surface area contributed by atoms with Gasteiger partial charge in [-0.05, 0) is 77.2 Å². The lowest BCUT2D eigenvalue weighted by Gasteiger charge is -2.25. The van der Waals surface area contributed by atoms with Gasteiger partial charge < -0.3 is 9.32 Å². The zero-order valence-electron chi connectivity index (χ0n) is 23.2. The minimum atomic E-state index is 0.959. The highest BCUT2D eigenvalue weighted by molar-refractivity contribution is 7.26. The summed E-state index contributed by atoms with van der Waals surface area (Å²) in [6.07, 6.45) is 0. The van der Waals surface area contributed by atoms with Gasteiger partial charge in [-0.15, -0.1) is 11.3 Å². The van der Waals surface area contributed by atoms with Gasteiger partial charge in [0.1, 0.15) is 11.2 Å². The van der Waals surface area contributed by atoms with E-state index in [9.17, 15) is 0 Å². The van der Waals surface area contributed by atoms with Crippen LogP contribution in [0.4, 0.5) is 17.1 Å². The predicted octanol–water partition coefficient (Wildman–Crippen LogP) is 12.2. The van der Waals surface area contributed by atoms with Crippen LogP contribution in [0, 0.1) is 0 Å². The van der Waals surface area contributed by atoms with Crippen molar-refractivity contribution in [3.05, 3.63) is 152 Å². The summed E-state index contributed by atoms with van der Waals surface area (Å²) in [6, 6.07) is 54.2. The van der Waals surface area contributed by atoms with Gasteiger partial charge in [-0.1, -0.05) is 91.0 Å². The summed E-state index contributed by atoms with van der Waals surface area (Å²) in [6.45, 7) is 0. The van der Waals surface area contributed by atoms with Gasteiger partial charge in [-0.3, -0.25) is 0 Å². The molecule has 9 rings (SSSR count). The Labute approximate surface area is 252 Å². The molecule has 202 valence electrons. The fourth-order valence-electron chi connectivity index (χ4n) is 6.41. The Hall–Kier alpha value is -5.38. The van der Waals surface area contributed by atoms with Crippen molar-refractivity contribution in [3.63, 3.8) is 0 Å². The molecule has 0 spiro atoms. The molecule has 0 bridgehead atoms. The molecule has 0 saturated heterocycles. The van der Waals surface area contributed by atoms with E-state index in [-0.39, 0.29) is 0 Å². The molecule has 0 fully saturated rings. The molecule has 0 aliphatic heterocycles. The molecule has 2 heterocycles. The van der Waals surface area contributed by atoms with Crippen molar-refractivity contribution in [1.82, 2.24) is 0 Å². The minimum Gasteiger partial charge on any atom is -0.455 e. The zero-order chi connectivity index (χ0) is 28.3. The Morgan fingerprint density at radius 3 is 1.88 bits per heavy atom. The number of rotatable bonds is 4. The van der Waals surface area contributed by atoms with E-state index in [2.05, 4.69) is 157 Å². The molecule has 43 heavy (non-hydrogen) atoms. The summed E-state index contributed by atoms with van der Waals surface area (Å²) in [7, 11) is 0. The maximum Gasteiger partial charge on any atom is 0.144 e. The summed E-state index contributed by atoms with van der Waals surface area (Å²) in [4.78, 5) is 2.34. The van der Waals surface area contributed by atoms with Crippen LogP contribution in [-0.2, 0) is 0 Å². The van der Waals surface area contributed by atoms with E-state index in [1.54, 1.807) is 0 Å². The Bertz CT molecular complexity index is 2440. The van der Waals surface area contributed by atoms with Gasteiger partial charge in [0.15, 0.2) is 0 Å². The number of thiophene rings is 1. The van der Waals surface area contributed by atoms with Crippen molar-refractivity contribution >= 4 is 81.3 Å². The average Bonchev–Trinajstić information content (AvgIpc) is 3.64. The summed E-state index contributed by atoms with van der Waals surface area (Å²) in [5.41, 5.74) is 7.69. The summed E-state index contributed by atoms with van der Waals surface area (Å²) >= 11 is 1.82. The van der Waals surface area contributed by atoms with Gasteiger partial charge in [-0.2, -0.15) is 0 Å². The van der Waals surface area contributed by atoms with Crippen LogP contribution in [-0.4, -0.2) is 0 Å². The van der Waals surface area contributed by atoms with Gasteiger partial charge in [0.2, 0.25) is 0 Å². The smallest absolute Gasteiger partial charge is 0.144 e. The van der Waals surface area contributed by atoms with Crippen LogP contribution < -0.4 is 4.90 Å². The van der Waals surface area contributed by atoms with Crippen LogP contribution in [0.3, 0.4) is 0 Å². The molecule has 2 nitrogen and oxygen atoms in total. The van der Waals surface area contributed by atoms with Crippen LogP contribution in [0.15, 0.2) is 156 Å². The van der Waals surface area contributed by atoms with Crippen molar-refractivity contribution in [2.24, 2.45) is 0 Å². The maximum atomic E-state index is 6.76. The van der Waals surface area contributed by atoms with Gasteiger partial charge in [-0.25, -0.2) is 0 Å². The highest BCUT2D eigenvalue weighted by Crippen LogP contribution is 2.45. The molecular weight excluding hydrogens is 543 g/mol. The lowest BCUT2D eigenvalue weighted by Crippen LogP contribution is -2.09. The molecule has 9 aromatic rings. The molecule has 0 aliphatic rings. The zero-order valence-corrected chi connectivity index (χ0v) is 24.0. The van der Waals surface area contributed by atoms with E-state index < -0.39 is 0 Å². The van der Waals surface area contributed by atoms with E-state index in [1.165, 1.54) is 36.7 Å². The predicted molar refractivity (Wildman–Crippen MR) is 184 cm³/mol. The standard InChI is InChI=1S/C40H25NOS/c1-3-9-26(10-4-1)27-15-18-30(19-16-27)41(29-12-5-2-6-13-29)31-20-23-36-35(25-31)38-37(43-36)24-22-34-33-21-17-28-11-7-8-14-32(28)39(33)42-40(34)38/h1-25H. The molecule has 0 saturated carbocycles. The van der Waals surface area contributed by atoms with E-state index in [1.807, 2.05) is 11.3 Å². The number of para-hydroxylation sites is 1. The molecule has 0 atom stereocenters. The summed E-state index contributed by atoms with van der Waals surface area (Å²) in [5.74, 6) is 0. The molecular formula is C40H25NOS. The third kappa shape index (κ3) is 3.86. The van der Waals surface area contributed by atoms with Crippen LogP contribution in [0.2, 0.25) is 0 Å². The second-order valence-corrected chi connectivity index (χ2v) is 12.0. The Balaban J connectivity index is 1.26. The Kier molecular flexibility index (Phi) is 5.40. The van der Waals surface area contributed by atoms with Crippen molar-refractivity contribution in [1.29, 1.82) is 0 Å². The first-order valence-electron chi connectivity index (χ1n) is 14.5. The summed E-state index contributed by atoms with van der Waals surface area (Å²) in [5, 5.41) is 7.07. The SMILES string of the molecule is c1ccc(-c2ccc(N(c3ccccc3)c3ccc4sc5ccc6c7ccc8ccccc8c7oc6c5c4c3)cc2)cc1. The van der Waals surface area contributed by atoms with E-state index >= 15 is 0 Å². The van der Waals surface area contributed by atoms with Crippen molar-refractivity contribution in [3.8, 4) is 11.1 Å². The molecule has 0 radical (unpaired) electrons. The van der Waals surface area contributed by atoms with Gasteiger partial charge >= 0.3 is 0 Å². The number of fused-ring (bicyclic) bond motifs is 9. The number of hydrogen-bond donors (Lipinski definition) is 0. The summed E-state index contributed by atoms with van der Waals surface area (Å²) < 4.78 is 9.25. The monoisotopic (exact) mass is 567 g/mol. The third-order valence-corrected chi connectivity index (χ3v) is 9.59. The Morgan fingerprint density at radius 1 is 0.419 bits per heavy atom. The molecule has 0 unspecified atom stereocenters. The molecule has 0 amide bonds. The first-order valence-corrected chi connectivity index (χ1v) is 15.3. The topological polar surface area (TPSA) is 16.4 Å². The first kappa shape index (κ1) is 24.2. The minimum absolute atomic E-state index is 0.959. The largest absolute Gasteiger partial charge is 0.455 e. The molecule has 0 aliphatic carbocycles. The number of hydrogen-bond acceptors (Lipinski definition) is 3. The third-order valence-electron chi connectivity index (χ3n) is 8.45. The van der Waals surface area contributed by atoms with Crippen molar-refractivity contribution in [2.75, 3.05) is 4.90 Å². The molecule has 2 aromatic heterocycles. The van der Waals surface area contributed by atoms with Gasteiger partial charge in [0.25, 0.3) is 0 Å². The average molecular weight is 568 g/mol. The Morgan fingerprint density at radius 2 is 1.05 bits per heavy atom. The number of nitrogens with zero attached hydrogens (tertiary/aromatic N) is 1. The first-order chi connectivity index (χ1) is 21.3. The van der Waals surface area contributed by atoms with Crippen LogP contribution >= 0.6 is 11.3 Å². The number of anilines is 3. The fraction of sp³-hybridized carbons (Fsp3) is 0. The highest BCUT2D eigenvalue weighted by Gasteiger charge is 2.19. The lowest BCUT2D eigenvalue weighted by atomic mass is 10.0. The quantitative estimate of drug-likeness (QED) is 0.210. The fourth-order valence-corrected chi connectivity index (χ4v) is 7.49. The van der Waals surface area contributed by atoms with E-state index in [0.29, 0.717) is 0 Å². The van der Waals surface area contributed by atoms with Gasteiger partial charge in [0, 0.05) is 53.4 Å². The van der Waals surface area contributed by atoms with Crippen LogP contribution in [0.1, 0.15) is 0 Å². The highest BCUT2D eigenvalue weighted by atomic mass is 32.1.